The molecule has 1 rings (SSSR count). The van der Waals surface area contributed by atoms with Crippen LogP contribution in [0.2, 0.25) is 0 Å². The van der Waals surface area contributed by atoms with E-state index in [1.54, 1.807) is 18.3 Å². The molecule has 1 N–H and O–H groups in total. The van der Waals surface area contributed by atoms with Crippen LogP contribution in [0, 0.1) is 6.92 Å². The normalized spacial score (nSPS) is 11.6. The molecule has 1 heterocycles. The van der Waals surface area contributed by atoms with Crippen LogP contribution in [0.15, 0.2) is 18.5 Å². The van der Waals surface area contributed by atoms with Gasteiger partial charge in [0.05, 0.1) is 0 Å². The van der Waals surface area contributed by atoms with Crippen LogP contribution >= 0.6 is 0 Å². The molecule has 3 nitrogen and oxygen atoms in total. The maximum absolute atomic E-state index is 12.6. The van der Waals surface area contributed by atoms with E-state index in [1.807, 2.05) is 0 Å². The summed E-state index contributed by atoms with van der Waals surface area (Å²) in [5, 5.41) is 1.75. The third-order valence-corrected chi connectivity index (χ3v) is 2.16. The van der Waals surface area contributed by atoms with Crippen molar-refractivity contribution < 1.29 is 22.4 Å². The lowest BCUT2D eigenvalue weighted by Gasteiger charge is -2.15. The van der Waals surface area contributed by atoms with Gasteiger partial charge in [-0.2, -0.15) is 8.78 Å². The van der Waals surface area contributed by atoms with Gasteiger partial charge in [0, 0.05) is 18.9 Å². The highest BCUT2D eigenvalue weighted by Crippen LogP contribution is 2.22. The van der Waals surface area contributed by atoms with E-state index in [-0.39, 0.29) is 6.54 Å². The standard InChI is InChI=1S/C10H10F4N2O/c1-6-2-3-15-4-7(6)5-16-9(17)10(13,14)8(11)12/h2-4,8H,5H2,1H3,(H,16,17). The number of aryl methyl sites for hydroxylation is 1. The van der Waals surface area contributed by atoms with Gasteiger partial charge in [-0.15, -0.1) is 0 Å². The molecule has 0 fully saturated rings. The molecule has 0 saturated heterocycles. The first-order valence-electron chi connectivity index (χ1n) is 4.69. The molecule has 1 aromatic heterocycles. The van der Waals surface area contributed by atoms with Crippen molar-refractivity contribution in [2.24, 2.45) is 0 Å². The van der Waals surface area contributed by atoms with Crippen LogP contribution in [0.25, 0.3) is 0 Å². The van der Waals surface area contributed by atoms with Crippen LogP contribution in [0.5, 0.6) is 0 Å². The Morgan fingerprint density at radius 3 is 2.71 bits per heavy atom. The summed E-state index contributed by atoms with van der Waals surface area (Å²) in [7, 11) is 0. The van der Waals surface area contributed by atoms with E-state index in [2.05, 4.69) is 4.98 Å². The summed E-state index contributed by atoms with van der Waals surface area (Å²) >= 11 is 0. The van der Waals surface area contributed by atoms with Crippen molar-refractivity contribution >= 4 is 5.91 Å². The first kappa shape index (κ1) is 13.4. The number of aromatic nitrogens is 1. The lowest BCUT2D eigenvalue weighted by molar-refractivity contribution is -0.169. The van der Waals surface area contributed by atoms with Gasteiger partial charge in [0.15, 0.2) is 0 Å². The number of hydrogen-bond donors (Lipinski definition) is 1. The monoisotopic (exact) mass is 250 g/mol. The quantitative estimate of drug-likeness (QED) is 0.829. The fraction of sp³-hybridized carbons (Fsp3) is 0.400. The summed E-state index contributed by atoms with van der Waals surface area (Å²) in [6.07, 6.45) is -1.15. The summed E-state index contributed by atoms with van der Waals surface area (Å²) in [5.41, 5.74) is 1.21. The highest BCUT2D eigenvalue weighted by atomic mass is 19.3. The van der Waals surface area contributed by atoms with E-state index in [1.165, 1.54) is 12.4 Å². The Kier molecular flexibility index (Phi) is 4.03. The minimum absolute atomic E-state index is 0.263. The van der Waals surface area contributed by atoms with E-state index in [0.29, 0.717) is 5.56 Å². The SMILES string of the molecule is Cc1ccncc1CNC(=O)C(F)(F)C(F)F. The molecule has 0 radical (unpaired) electrons. The smallest absolute Gasteiger partial charge is 0.347 e. The Morgan fingerprint density at radius 2 is 2.18 bits per heavy atom. The minimum atomic E-state index is -4.67. The molecule has 0 bridgehead atoms. The van der Waals surface area contributed by atoms with Crippen LogP contribution in [0.3, 0.4) is 0 Å². The van der Waals surface area contributed by atoms with E-state index in [0.717, 1.165) is 5.56 Å². The molecule has 0 aromatic carbocycles. The number of halogens is 4. The first-order chi connectivity index (χ1) is 7.85. The third kappa shape index (κ3) is 3.15. The van der Waals surface area contributed by atoms with E-state index < -0.39 is 18.3 Å². The van der Waals surface area contributed by atoms with Crippen LogP contribution in [0.1, 0.15) is 11.1 Å². The zero-order chi connectivity index (χ0) is 13.1. The van der Waals surface area contributed by atoms with Gasteiger partial charge in [0.1, 0.15) is 0 Å². The fourth-order valence-electron chi connectivity index (χ4n) is 1.07. The zero-order valence-electron chi connectivity index (χ0n) is 8.88. The highest BCUT2D eigenvalue weighted by molar-refractivity contribution is 5.83. The molecule has 0 aliphatic carbocycles. The molecule has 0 spiro atoms. The molecule has 0 aliphatic heterocycles. The number of rotatable bonds is 4. The van der Waals surface area contributed by atoms with Crippen LogP contribution in [0.4, 0.5) is 17.6 Å². The molecule has 7 heteroatoms. The molecule has 1 amide bonds. The summed E-state index contributed by atoms with van der Waals surface area (Å²) in [6.45, 7) is 1.43. The second kappa shape index (κ2) is 5.11. The number of alkyl halides is 4. The second-order valence-electron chi connectivity index (χ2n) is 3.41. The molecule has 0 atom stereocenters. The predicted molar refractivity (Wildman–Crippen MR) is 51.8 cm³/mol. The van der Waals surface area contributed by atoms with Crippen molar-refractivity contribution in [2.75, 3.05) is 0 Å². The van der Waals surface area contributed by atoms with Crippen LogP contribution < -0.4 is 5.32 Å². The maximum Gasteiger partial charge on any atom is 0.383 e. The largest absolute Gasteiger partial charge is 0.383 e. The summed E-state index contributed by atoms with van der Waals surface area (Å²) in [4.78, 5) is 14.6. The molecular formula is C10H10F4N2O. The highest BCUT2D eigenvalue weighted by Gasteiger charge is 2.48. The van der Waals surface area contributed by atoms with Gasteiger partial charge in [-0.3, -0.25) is 9.78 Å². The van der Waals surface area contributed by atoms with Crippen molar-refractivity contribution in [3.63, 3.8) is 0 Å². The molecule has 1 aromatic rings. The molecule has 0 unspecified atom stereocenters. The van der Waals surface area contributed by atoms with Gasteiger partial charge >= 0.3 is 12.3 Å². The second-order valence-corrected chi connectivity index (χ2v) is 3.41. The van der Waals surface area contributed by atoms with Gasteiger partial charge in [-0.1, -0.05) is 0 Å². The summed E-state index contributed by atoms with van der Waals surface area (Å²) in [6, 6.07) is 1.62. The van der Waals surface area contributed by atoms with Crippen molar-refractivity contribution in [2.45, 2.75) is 25.8 Å². The van der Waals surface area contributed by atoms with Gasteiger partial charge in [-0.05, 0) is 24.1 Å². The summed E-state index contributed by atoms with van der Waals surface area (Å²) < 4.78 is 48.8. The van der Waals surface area contributed by atoms with E-state index in [4.69, 9.17) is 0 Å². The van der Waals surface area contributed by atoms with Gasteiger partial charge in [0.2, 0.25) is 0 Å². The van der Waals surface area contributed by atoms with Crippen LogP contribution in [-0.4, -0.2) is 23.2 Å². The number of pyridine rings is 1. The molecule has 0 aliphatic rings. The van der Waals surface area contributed by atoms with Gasteiger partial charge in [-0.25, -0.2) is 8.78 Å². The average molecular weight is 250 g/mol. The van der Waals surface area contributed by atoms with Crippen molar-refractivity contribution in [3.05, 3.63) is 29.6 Å². The van der Waals surface area contributed by atoms with E-state index >= 15 is 0 Å². The Bertz CT molecular complexity index is 409. The van der Waals surface area contributed by atoms with Gasteiger partial charge < -0.3 is 5.32 Å². The average Bonchev–Trinajstić information content (AvgIpc) is 2.27. The summed E-state index contributed by atoms with van der Waals surface area (Å²) in [5.74, 6) is -6.66. The topological polar surface area (TPSA) is 42.0 Å². The number of hydrogen-bond acceptors (Lipinski definition) is 2. The predicted octanol–water partition coefficient (Wildman–Crippen LogP) is 1.91. The third-order valence-electron chi connectivity index (χ3n) is 2.16. The fourth-order valence-corrected chi connectivity index (χ4v) is 1.07. The van der Waals surface area contributed by atoms with Gasteiger partial charge in [0.25, 0.3) is 5.91 Å². The van der Waals surface area contributed by atoms with Crippen molar-refractivity contribution in [1.82, 2.24) is 10.3 Å². The Balaban J connectivity index is 2.64. The number of amides is 1. The lowest BCUT2D eigenvalue weighted by Crippen LogP contribution is -2.44. The Labute approximate surface area is 94.8 Å². The number of nitrogens with zero attached hydrogens (tertiary/aromatic N) is 1. The van der Waals surface area contributed by atoms with Crippen LogP contribution in [-0.2, 0) is 11.3 Å². The number of nitrogens with one attached hydrogen (secondary N) is 1. The molecule has 17 heavy (non-hydrogen) atoms. The minimum Gasteiger partial charge on any atom is -0.347 e. The Hall–Kier alpha value is -1.66. The lowest BCUT2D eigenvalue weighted by atomic mass is 10.1. The van der Waals surface area contributed by atoms with Crippen molar-refractivity contribution in [1.29, 1.82) is 0 Å². The maximum atomic E-state index is 12.6. The number of carbonyl (C=O) groups is 1. The van der Waals surface area contributed by atoms with Crippen molar-refractivity contribution in [3.8, 4) is 0 Å². The Morgan fingerprint density at radius 1 is 1.53 bits per heavy atom. The molecule has 94 valence electrons. The number of carbonyl (C=O) groups excluding carboxylic acids is 1. The first-order valence-corrected chi connectivity index (χ1v) is 4.69. The zero-order valence-corrected chi connectivity index (χ0v) is 8.88. The molecular weight excluding hydrogens is 240 g/mol. The molecule has 0 saturated carbocycles. The van der Waals surface area contributed by atoms with E-state index in [9.17, 15) is 22.4 Å².